The van der Waals surface area contributed by atoms with Crippen molar-refractivity contribution in [3.63, 3.8) is 0 Å². The van der Waals surface area contributed by atoms with Crippen molar-refractivity contribution in [2.24, 2.45) is 0 Å². The number of hydrogen-bond acceptors (Lipinski definition) is 8. The van der Waals surface area contributed by atoms with Gasteiger partial charge >= 0.3 is 6.03 Å². The zero-order valence-electron chi connectivity index (χ0n) is 20.3. The Kier molecular flexibility index (Phi) is 6.54. The van der Waals surface area contributed by atoms with Crippen molar-refractivity contribution in [3.8, 4) is 11.4 Å². The number of carbonyl (C=O) groups is 1. The number of morpholine rings is 2. The second-order valence-electron chi connectivity index (χ2n) is 9.38. The van der Waals surface area contributed by atoms with Gasteiger partial charge in [-0.15, -0.1) is 0 Å². The van der Waals surface area contributed by atoms with Crippen molar-refractivity contribution in [1.82, 2.24) is 15.0 Å². The highest BCUT2D eigenvalue weighted by molar-refractivity contribution is 5.99. The molecule has 3 fully saturated rings. The van der Waals surface area contributed by atoms with Gasteiger partial charge < -0.3 is 29.9 Å². The van der Waals surface area contributed by atoms with Gasteiger partial charge in [0.05, 0.1) is 25.4 Å². The van der Waals surface area contributed by atoms with Gasteiger partial charge in [-0.1, -0.05) is 0 Å². The number of rotatable bonds is 5. The van der Waals surface area contributed by atoms with Crippen LogP contribution in [-0.2, 0) is 9.47 Å². The van der Waals surface area contributed by atoms with Crippen LogP contribution in [0.5, 0.6) is 0 Å². The first-order chi connectivity index (χ1) is 18.1. The maximum Gasteiger partial charge on any atom is 0.323 e. The monoisotopic (exact) mass is 505 g/mol. The number of nitrogens with zero attached hydrogens (tertiary/aromatic N) is 5. The highest BCUT2D eigenvalue weighted by Crippen LogP contribution is 2.30. The molecule has 11 heteroatoms. The Bertz CT molecular complexity index is 1240. The summed E-state index contributed by atoms with van der Waals surface area (Å²) < 4.78 is 24.6. The van der Waals surface area contributed by atoms with Gasteiger partial charge in [0.2, 0.25) is 11.9 Å². The SMILES string of the molecule is O=C(Nc1ccc(F)cc1)Nc1ccc(-c2nc(N3CCOCC3)nc(N3CC4CCC(C3)O4)n2)cc1. The van der Waals surface area contributed by atoms with E-state index in [1.165, 1.54) is 24.3 Å². The van der Waals surface area contributed by atoms with Gasteiger partial charge in [0.1, 0.15) is 5.82 Å². The predicted molar refractivity (Wildman–Crippen MR) is 137 cm³/mol. The summed E-state index contributed by atoms with van der Waals surface area (Å²) in [5.74, 6) is 1.52. The summed E-state index contributed by atoms with van der Waals surface area (Å²) in [6.07, 6.45) is 2.58. The molecule has 192 valence electrons. The van der Waals surface area contributed by atoms with E-state index in [0.717, 1.165) is 44.6 Å². The molecule has 3 saturated heterocycles. The molecule has 2 amide bonds. The summed E-state index contributed by atoms with van der Waals surface area (Å²) in [6, 6.07) is 12.5. The molecule has 37 heavy (non-hydrogen) atoms. The molecule has 1 aromatic heterocycles. The van der Waals surface area contributed by atoms with Gasteiger partial charge in [-0.25, -0.2) is 9.18 Å². The van der Waals surface area contributed by atoms with E-state index < -0.39 is 6.03 Å². The first-order valence-electron chi connectivity index (χ1n) is 12.5. The lowest BCUT2D eigenvalue weighted by molar-refractivity contribution is 0.0299. The Balaban J connectivity index is 1.22. The van der Waals surface area contributed by atoms with E-state index in [-0.39, 0.29) is 18.0 Å². The maximum atomic E-state index is 13.1. The lowest BCUT2D eigenvalue weighted by Gasteiger charge is -2.33. The molecule has 2 unspecified atom stereocenters. The molecule has 2 N–H and O–H groups in total. The molecule has 3 aliphatic heterocycles. The molecule has 3 aromatic rings. The lowest BCUT2D eigenvalue weighted by Crippen LogP contribution is -2.44. The highest BCUT2D eigenvalue weighted by atomic mass is 19.1. The normalized spacial score (nSPS) is 21.1. The van der Waals surface area contributed by atoms with E-state index in [1.807, 2.05) is 12.1 Å². The predicted octanol–water partition coefficient (Wildman–Crippen LogP) is 3.53. The second kappa shape index (κ2) is 10.3. The largest absolute Gasteiger partial charge is 0.378 e. The number of aromatic nitrogens is 3. The number of hydrogen-bond donors (Lipinski definition) is 2. The van der Waals surface area contributed by atoms with E-state index in [4.69, 9.17) is 24.4 Å². The fraction of sp³-hybridized carbons (Fsp3) is 0.385. The van der Waals surface area contributed by atoms with Crippen LogP contribution < -0.4 is 20.4 Å². The van der Waals surface area contributed by atoms with Crippen LogP contribution in [0.25, 0.3) is 11.4 Å². The Labute approximate surface area is 213 Å². The van der Waals surface area contributed by atoms with Crippen molar-refractivity contribution in [1.29, 1.82) is 0 Å². The first-order valence-corrected chi connectivity index (χ1v) is 12.5. The minimum absolute atomic E-state index is 0.220. The number of urea groups is 1. The van der Waals surface area contributed by atoms with E-state index in [0.29, 0.717) is 42.3 Å². The zero-order chi connectivity index (χ0) is 25.2. The van der Waals surface area contributed by atoms with Crippen LogP contribution in [0.4, 0.5) is 32.5 Å². The van der Waals surface area contributed by atoms with Crippen molar-refractivity contribution < 1.29 is 18.7 Å². The van der Waals surface area contributed by atoms with Gasteiger partial charge in [-0.05, 0) is 61.4 Å². The number of ether oxygens (including phenoxy) is 2. The molecule has 10 nitrogen and oxygen atoms in total. The standard InChI is InChI=1S/C26H28FN7O3/c27-18-3-7-20(8-4-18)29-26(35)28-19-5-1-17(2-6-19)23-30-24(33-11-13-36-14-12-33)32-25(31-23)34-15-21-9-10-22(16-34)37-21/h1-8,21-22H,9-16H2,(H2,28,29,35). The number of benzene rings is 2. The van der Waals surface area contributed by atoms with E-state index in [9.17, 15) is 9.18 Å². The van der Waals surface area contributed by atoms with Crippen LogP contribution in [0.1, 0.15) is 12.8 Å². The average Bonchev–Trinajstić information content (AvgIpc) is 3.27. The van der Waals surface area contributed by atoms with E-state index in [1.54, 1.807) is 12.1 Å². The smallest absolute Gasteiger partial charge is 0.323 e. The van der Waals surface area contributed by atoms with E-state index >= 15 is 0 Å². The fourth-order valence-electron chi connectivity index (χ4n) is 4.84. The fourth-order valence-corrected chi connectivity index (χ4v) is 4.84. The van der Waals surface area contributed by atoms with Gasteiger partial charge in [0, 0.05) is 43.1 Å². The van der Waals surface area contributed by atoms with Crippen LogP contribution in [-0.4, -0.2) is 72.6 Å². The first kappa shape index (κ1) is 23.6. The number of carbonyl (C=O) groups excluding carboxylic acids is 1. The number of amides is 2. The van der Waals surface area contributed by atoms with Crippen molar-refractivity contribution in [3.05, 3.63) is 54.3 Å². The average molecular weight is 506 g/mol. The molecule has 2 atom stereocenters. The van der Waals surface area contributed by atoms with Crippen LogP contribution in [0, 0.1) is 5.82 Å². The van der Waals surface area contributed by atoms with Crippen molar-refractivity contribution in [2.75, 3.05) is 59.8 Å². The Morgan fingerprint density at radius 3 is 2.00 bits per heavy atom. The van der Waals surface area contributed by atoms with Crippen LogP contribution >= 0.6 is 0 Å². The number of halogens is 1. The Morgan fingerprint density at radius 2 is 1.38 bits per heavy atom. The molecule has 0 aliphatic carbocycles. The van der Waals surface area contributed by atoms with E-state index in [2.05, 4.69) is 20.4 Å². The minimum atomic E-state index is -0.418. The summed E-state index contributed by atoms with van der Waals surface area (Å²) in [5.41, 5.74) is 1.93. The van der Waals surface area contributed by atoms with Crippen molar-refractivity contribution >= 4 is 29.3 Å². The van der Waals surface area contributed by atoms with Gasteiger partial charge in [-0.3, -0.25) is 0 Å². The summed E-state index contributed by atoms with van der Waals surface area (Å²) in [6.45, 7) is 4.27. The van der Waals surface area contributed by atoms with Crippen LogP contribution in [0.2, 0.25) is 0 Å². The molecule has 2 aromatic carbocycles. The quantitative estimate of drug-likeness (QED) is 0.543. The Hall–Kier alpha value is -3.83. The van der Waals surface area contributed by atoms with Gasteiger partial charge in [-0.2, -0.15) is 15.0 Å². The summed E-state index contributed by atoms with van der Waals surface area (Å²) in [4.78, 5) is 31.1. The molecular weight excluding hydrogens is 477 g/mol. The third-order valence-electron chi connectivity index (χ3n) is 6.74. The number of nitrogens with one attached hydrogen (secondary N) is 2. The summed E-state index contributed by atoms with van der Waals surface area (Å²) >= 11 is 0. The Morgan fingerprint density at radius 1 is 0.811 bits per heavy atom. The molecular formula is C26H28FN7O3. The van der Waals surface area contributed by atoms with Gasteiger partial charge in [0.25, 0.3) is 0 Å². The third-order valence-corrected chi connectivity index (χ3v) is 6.74. The maximum absolute atomic E-state index is 13.1. The topological polar surface area (TPSA) is 105 Å². The summed E-state index contributed by atoms with van der Waals surface area (Å²) in [7, 11) is 0. The molecule has 0 spiro atoms. The molecule has 6 rings (SSSR count). The van der Waals surface area contributed by atoms with Gasteiger partial charge in [0.15, 0.2) is 5.82 Å². The number of anilines is 4. The zero-order valence-corrected chi connectivity index (χ0v) is 20.3. The second-order valence-corrected chi connectivity index (χ2v) is 9.38. The lowest BCUT2D eigenvalue weighted by atomic mass is 10.2. The van der Waals surface area contributed by atoms with Crippen LogP contribution in [0.3, 0.4) is 0 Å². The summed E-state index contributed by atoms with van der Waals surface area (Å²) in [5, 5.41) is 5.47. The third kappa shape index (κ3) is 5.47. The molecule has 3 aliphatic rings. The molecule has 2 bridgehead atoms. The van der Waals surface area contributed by atoms with Crippen molar-refractivity contribution in [2.45, 2.75) is 25.0 Å². The van der Waals surface area contributed by atoms with Crippen LogP contribution in [0.15, 0.2) is 48.5 Å². The molecule has 0 radical (unpaired) electrons. The number of fused-ring (bicyclic) bond motifs is 2. The molecule has 0 saturated carbocycles. The highest BCUT2D eigenvalue weighted by Gasteiger charge is 2.35. The molecule has 4 heterocycles. The minimum Gasteiger partial charge on any atom is -0.378 e.